The van der Waals surface area contributed by atoms with Gasteiger partial charge in [-0.25, -0.2) is 4.79 Å². The van der Waals surface area contributed by atoms with Crippen LogP contribution in [0.25, 0.3) is 32.9 Å². The fraction of sp³-hybridized carbons (Fsp3) is 0.185. The Balaban J connectivity index is 1.72. The number of carbonyl (C=O) groups is 1. The average Bonchev–Trinajstić information content (AvgIpc) is 3.30. The lowest BCUT2D eigenvalue weighted by Gasteiger charge is -2.12. The van der Waals surface area contributed by atoms with E-state index in [0.29, 0.717) is 0 Å². The molecule has 5 rings (SSSR count). The molecule has 0 saturated carbocycles. The van der Waals surface area contributed by atoms with Crippen molar-refractivity contribution in [3.05, 3.63) is 83.7 Å². The van der Waals surface area contributed by atoms with Crippen LogP contribution in [0.3, 0.4) is 0 Å². The summed E-state index contributed by atoms with van der Waals surface area (Å²) >= 11 is 0. The van der Waals surface area contributed by atoms with Gasteiger partial charge in [-0.2, -0.15) is 0 Å². The minimum absolute atomic E-state index is 0.150. The molecule has 6 heteroatoms. The second kappa shape index (κ2) is 8.13. The van der Waals surface area contributed by atoms with Crippen LogP contribution in [-0.2, 0) is 6.54 Å². The molecular weight excluding hydrogens is 412 g/mol. The molecule has 2 heterocycles. The number of amides is 2. The van der Waals surface area contributed by atoms with E-state index in [1.54, 1.807) is 14.1 Å². The summed E-state index contributed by atoms with van der Waals surface area (Å²) in [5.41, 5.74) is 7.24. The second-order valence-electron chi connectivity index (χ2n) is 8.56. The van der Waals surface area contributed by atoms with Crippen molar-refractivity contribution in [1.82, 2.24) is 14.6 Å². The van der Waals surface area contributed by atoms with E-state index in [1.807, 2.05) is 26.0 Å². The molecule has 0 bridgehead atoms. The van der Waals surface area contributed by atoms with Gasteiger partial charge in [0.15, 0.2) is 0 Å². The van der Waals surface area contributed by atoms with Crippen LogP contribution in [0.5, 0.6) is 0 Å². The highest BCUT2D eigenvalue weighted by Gasteiger charge is 2.17. The van der Waals surface area contributed by atoms with Crippen LogP contribution in [0.15, 0.2) is 71.3 Å². The zero-order chi connectivity index (χ0) is 23.1. The van der Waals surface area contributed by atoms with Gasteiger partial charge in [0.05, 0.1) is 11.2 Å². The van der Waals surface area contributed by atoms with Crippen molar-refractivity contribution in [2.75, 3.05) is 19.4 Å². The molecule has 0 saturated heterocycles. The molecule has 166 valence electrons. The topological polar surface area (TPSA) is 63.3 Å². The molecular formula is C27H26N4O2. The number of anilines is 1. The summed E-state index contributed by atoms with van der Waals surface area (Å²) in [4.78, 5) is 13.7. The maximum absolute atomic E-state index is 12.2. The third-order valence-electron chi connectivity index (χ3n) is 6.03. The van der Waals surface area contributed by atoms with Crippen LogP contribution < -0.4 is 5.32 Å². The fourth-order valence-corrected chi connectivity index (χ4v) is 4.40. The number of hydrogen-bond donors (Lipinski definition) is 1. The smallest absolute Gasteiger partial charge is 0.321 e. The Morgan fingerprint density at radius 1 is 0.970 bits per heavy atom. The SMILES string of the molecule is Cc1noc(C)c1-c1ccc2c3cc(NC(=O)N(C)C)ccc3n(Cc3ccccc3)c2c1. The summed E-state index contributed by atoms with van der Waals surface area (Å²) in [6.07, 6.45) is 0. The zero-order valence-corrected chi connectivity index (χ0v) is 19.2. The highest BCUT2D eigenvalue weighted by molar-refractivity contribution is 6.10. The largest absolute Gasteiger partial charge is 0.361 e. The number of nitrogens with zero attached hydrogens (tertiary/aromatic N) is 3. The van der Waals surface area contributed by atoms with Crippen molar-refractivity contribution in [2.24, 2.45) is 0 Å². The number of carbonyl (C=O) groups excluding carboxylic acids is 1. The highest BCUT2D eigenvalue weighted by Crippen LogP contribution is 2.36. The predicted octanol–water partition coefficient (Wildman–Crippen LogP) is 6.21. The number of hydrogen-bond acceptors (Lipinski definition) is 3. The summed E-state index contributed by atoms with van der Waals surface area (Å²) in [6.45, 7) is 4.66. The van der Waals surface area contributed by atoms with E-state index in [1.165, 1.54) is 10.5 Å². The van der Waals surface area contributed by atoms with Crippen LogP contribution in [0, 0.1) is 13.8 Å². The van der Waals surface area contributed by atoms with Crippen LogP contribution in [-0.4, -0.2) is 34.8 Å². The van der Waals surface area contributed by atoms with Crippen LogP contribution in [0.2, 0.25) is 0 Å². The molecule has 3 aromatic carbocycles. The normalized spacial score (nSPS) is 11.3. The van der Waals surface area contributed by atoms with Gasteiger partial charge in [0.25, 0.3) is 0 Å². The monoisotopic (exact) mass is 438 g/mol. The molecule has 0 radical (unpaired) electrons. The summed E-state index contributed by atoms with van der Waals surface area (Å²) in [6, 6.07) is 22.9. The van der Waals surface area contributed by atoms with E-state index in [4.69, 9.17) is 4.52 Å². The van der Waals surface area contributed by atoms with Crippen LogP contribution in [0.1, 0.15) is 17.0 Å². The zero-order valence-electron chi connectivity index (χ0n) is 19.2. The molecule has 0 spiro atoms. The Bertz CT molecular complexity index is 1460. The molecule has 1 N–H and O–H groups in total. The van der Waals surface area contributed by atoms with Gasteiger partial charge in [0.1, 0.15) is 5.76 Å². The number of aryl methyl sites for hydroxylation is 2. The number of aromatic nitrogens is 2. The fourth-order valence-electron chi connectivity index (χ4n) is 4.40. The molecule has 0 aliphatic heterocycles. The van der Waals surface area contributed by atoms with Crippen molar-refractivity contribution in [3.63, 3.8) is 0 Å². The predicted molar refractivity (Wildman–Crippen MR) is 133 cm³/mol. The van der Waals surface area contributed by atoms with Crippen molar-refractivity contribution in [2.45, 2.75) is 20.4 Å². The summed E-state index contributed by atoms with van der Waals surface area (Å²) < 4.78 is 7.75. The Hall–Kier alpha value is -4.06. The lowest BCUT2D eigenvalue weighted by Crippen LogP contribution is -2.27. The summed E-state index contributed by atoms with van der Waals surface area (Å²) in [5, 5.41) is 9.33. The lowest BCUT2D eigenvalue weighted by atomic mass is 10.0. The van der Waals surface area contributed by atoms with Gasteiger partial charge in [-0.1, -0.05) is 47.6 Å². The number of urea groups is 1. The van der Waals surface area contributed by atoms with Crippen molar-refractivity contribution >= 4 is 33.5 Å². The molecule has 6 nitrogen and oxygen atoms in total. The molecule has 33 heavy (non-hydrogen) atoms. The Morgan fingerprint density at radius 3 is 2.45 bits per heavy atom. The third kappa shape index (κ3) is 3.74. The van der Waals surface area contributed by atoms with E-state index < -0.39 is 0 Å². The molecule has 0 unspecified atom stereocenters. The summed E-state index contributed by atoms with van der Waals surface area (Å²) in [5.74, 6) is 0.811. The molecule has 0 aliphatic carbocycles. The Labute approximate surface area is 192 Å². The average molecular weight is 439 g/mol. The maximum Gasteiger partial charge on any atom is 0.321 e. The van der Waals surface area contributed by atoms with E-state index in [0.717, 1.165) is 56.6 Å². The molecule has 2 amide bonds. The highest BCUT2D eigenvalue weighted by atomic mass is 16.5. The van der Waals surface area contributed by atoms with Gasteiger partial charge in [-0.3, -0.25) is 0 Å². The maximum atomic E-state index is 12.2. The lowest BCUT2D eigenvalue weighted by molar-refractivity contribution is 0.230. The molecule has 2 aromatic heterocycles. The van der Waals surface area contributed by atoms with Gasteiger partial charge in [0.2, 0.25) is 0 Å². The first-order valence-electron chi connectivity index (χ1n) is 10.9. The van der Waals surface area contributed by atoms with Gasteiger partial charge in [-0.05, 0) is 49.2 Å². The number of fused-ring (bicyclic) bond motifs is 3. The van der Waals surface area contributed by atoms with Crippen molar-refractivity contribution in [3.8, 4) is 11.1 Å². The molecule has 0 atom stereocenters. The van der Waals surface area contributed by atoms with E-state index in [2.05, 4.69) is 69.6 Å². The quantitative estimate of drug-likeness (QED) is 0.363. The molecule has 5 aromatic rings. The Morgan fingerprint density at radius 2 is 1.76 bits per heavy atom. The third-order valence-corrected chi connectivity index (χ3v) is 6.03. The first-order valence-corrected chi connectivity index (χ1v) is 10.9. The van der Waals surface area contributed by atoms with Crippen molar-refractivity contribution < 1.29 is 9.32 Å². The minimum atomic E-state index is -0.150. The summed E-state index contributed by atoms with van der Waals surface area (Å²) in [7, 11) is 3.46. The van der Waals surface area contributed by atoms with Crippen molar-refractivity contribution in [1.29, 1.82) is 0 Å². The number of benzene rings is 3. The van der Waals surface area contributed by atoms with Gasteiger partial charge in [-0.15, -0.1) is 0 Å². The van der Waals surface area contributed by atoms with Crippen LogP contribution >= 0.6 is 0 Å². The van der Waals surface area contributed by atoms with Crippen LogP contribution in [0.4, 0.5) is 10.5 Å². The standard InChI is InChI=1S/C27H26N4O2/c1-17-26(18(2)33-29-17)20-10-12-22-23-15-21(28-27(32)30(3)4)11-13-24(23)31(25(22)14-20)16-19-8-6-5-7-9-19/h5-15H,16H2,1-4H3,(H,28,32). The van der Waals surface area contributed by atoms with Gasteiger partial charge in [0, 0.05) is 48.2 Å². The second-order valence-corrected chi connectivity index (χ2v) is 8.56. The van der Waals surface area contributed by atoms with E-state index in [9.17, 15) is 4.79 Å². The van der Waals surface area contributed by atoms with Gasteiger partial charge < -0.3 is 19.3 Å². The Kier molecular flexibility index (Phi) is 5.13. The first-order chi connectivity index (χ1) is 15.9. The molecule has 0 aliphatic rings. The van der Waals surface area contributed by atoms with E-state index >= 15 is 0 Å². The number of rotatable bonds is 4. The molecule has 0 fully saturated rings. The van der Waals surface area contributed by atoms with Gasteiger partial charge >= 0.3 is 6.03 Å². The number of nitrogens with one attached hydrogen (secondary N) is 1. The minimum Gasteiger partial charge on any atom is -0.361 e. The van der Waals surface area contributed by atoms with E-state index in [-0.39, 0.29) is 6.03 Å². The first kappa shape index (κ1) is 20.8.